The predicted octanol–water partition coefficient (Wildman–Crippen LogP) is 4.40. The van der Waals surface area contributed by atoms with E-state index in [9.17, 15) is 0 Å². The Morgan fingerprint density at radius 3 is 2.73 bits per heavy atom. The van der Waals surface area contributed by atoms with Gasteiger partial charge in [-0.2, -0.15) is 0 Å². The molecular formula is C21H20N4S. The van der Waals surface area contributed by atoms with E-state index in [1.165, 1.54) is 21.7 Å². The van der Waals surface area contributed by atoms with E-state index in [0.29, 0.717) is 5.92 Å². The monoisotopic (exact) mass is 360 g/mol. The van der Waals surface area contributed by atoms with E-state index in [0.717, 1.165) is 23.8 Å². The van der Waals surface area contributed by atoms with Crippen molar-refractivity contribution in [3.63, 3.8) is 0 Å². The van der Waals surface area contributed by atoms with E-state index in [4.69, 9.17) is 0 Å². The topological polar surface area (TPSA) is 41.0 Å². The number of fused-ring (bicyclic) bond motifs is 4. The van der Waals surface area contributed by atoms with Crippen molar-refractivity contribution in [2.24, 2.45) is 5.92 Å². The smallest absolute Gasteiger partial charge is 0.138 e. The Morgan fingerprint density at radius 2 is 1.85 bits per heavy atom. The standard InChI is InChI=1S/C21H20N4S/c1-25-12-15-11-14-7-5-6-10-17(14)24-19(15)18-20(25)22-13-23-21(18)26-16-8-3-2-4-9-16/h2-10,13,15,19,24H,11-12H2,1H3/t15-,19-/m1/s1. The van der Waals surface area contributed by atoms with Crippen molar-refractivity contribution in [2.75, 3.05) is 23.8 Å². The van der Waals surface area contributed by atoms with Gasteiger partial charge in [-0.15, -0.1) is 0 Å². The van der Waals surface area contributed by atoms with Crippen molar-refractivity contribution in [3.05, 3.63) is 72.1 Å². The average molecular weight is 360 g/mol. The molecule has 2 aliphatic heterocycles. The molecular weight excluding hydrogens is 340 g/mol. The molecule has 130 valence electrons. The Kier molecular flexibility index (Phi) is 3.82. The van der Waals surface area contributed by atoms with Crippen LogP contribution in [0.15, 0.2) is 70.8 Å². The van der Waals surface area contributed by atoms with Crippen LogP contribution in [-0.4, -0.2) is 23.6 Å². The second-order valence-corrected chi connectivity index (χ2v) is 8.02. The minimum absolute atomic E-state index is 0.253. The van der Waals surface area contributed by atoms with Gasteiger partial charge in [0.25, 0.3) is 0 Å². The molecule has 2 atom stereocenters. The van der Waals surface area contributed by atoms with Crippen LogP contribution in [0.25, 0.3) is 0 Å². The average Bonchev–Trinajstić information content (AvgIpc) is 2.68. The third-order valence-electron chi connectivity index (χ3n) is 5.25. The lowest BCUT2D eigenvalue weighted by Gasteiger charge is -2.43. The van der Waals surface area contributed by atoms with E-state index < -0.39 is 0 Å². The first-order chi connectivity index (χ1) is 12.8. The summed E-state index contributed by atoms with van der Waals surface area (Å²) in [6, 6.07) is 19.3. The van der Waals surface area contributed by atoms with Crippen molar-refractivity contribution < 1.29 is 0 Å². The molecule has 0 bridgehead atoms. The molecule has 2 aliphatic rings. The van der Waals surface area contributed by atoms with Crippen LogP contribution in [0.5, 0.6) is 0 Å². The molecule has 1 aromatic heterocycles. The zero-order valence-electron chi connectivity index (χ0n) is 14.6. The second kappa shape index (κ2) is 6.32. The molecule has 3 heterocycles. The van der Waals surface area contributed by atoms with Gasteiger partial charge in [-0.3, -0.25) is 0 Å². The number of para-hydroxylation sites is 1. The van der Waals surface area contributed by atoms with Gasteiger partial charge in [-0.25, -0.2) is 9.97 Å². The minimum Gasteiger partial charge on any atom is -0.377 e. The highest BCUT2D eigenvalue weighted by molar-refractivity contribution is 7.99. The fourth-order valence-electron chi connectivity index (χ4n) is 4.07. The van der Waals surface area contributed by atoms with Crippen LogP contribution in [0.2, 0.25) is 0 Å². The normalized spacial score (nSPS) is 20.6. The maximum atomic E-state index is 4.65. The third kappa shape index (κ3) is 2.63. The van der Waals surface area contributed by atoms with Gasteiger partial charge in [0.05, 0.1) is 6.04 Å². The highest BCUT2D eigenvalue weighted by Gasteiger charge is 2.38. The molecule has 4 nitrogen and oxygen atoms in total. The van der Waals surface area contributed by atoms with Crippen molar-refractivity contribution in [1.29, 1.82) is 0 Å². The molecule has 3 aromatic rings. The summed E-state index contributed by atoms with van der Waals surface area (Å²) in [7, 11) is 2.14. The minimum atomic E-state index is 0.253. The Hall–Kier alpha value is -2.53. The molecule has 0 unspecified atom stereocenters. The van der Waals surface area contributed by atoms with Gasteiger partial charge < -0.3 is 10.2 Å². The molecule has 0 saturated heterocycles. The Morgan fingerprint density at radius 1 is 1.04 bits per heavy atom. The maximum Gasteiger partial charge on any atom is 0.138 e. The molecule has 0 amide bonds. The van der Waals surface area contributed by atoms with Crippen molar-refractivity contribution >= 4 is 23.3 Å². The fourth-order valence-corrected chi connectivity index (χ4v) is 5.01. The summed E-state index contributed by atoms with van der Waals surface area (Å²) in [5.41, 5.74) is 3.87. The lowest BCUT2D eigenvalue weighted by molar-refractivity contribution is 0.413. The Balaban J connectivity index is 1.59. The summed E-state index contributed by atoms with van der Waals surface area (Å²) in [4.78, 5) is 12.7. The summed E-state index contributed by atoms with van der Waals surface area (Å²) in [5, 5.41) is 4.83. The Labute approximate surface area is 157 Å². The van der Waals surface area contributed by atoms with Crippen LogP contribution in [0, 0.1) is 5.92 Å². The van der Waals surface area contributed by atoms with Crippen LogP contribution in [0.3, 0.4) is 0 Å². The first kappa shape index (κ1) is 15.7. The fraction of sp³-hybridized carbons (Fsp3) is 0.238. The molecule has 0 spiro atoms. The van der Waals surface area contributed by atoms with Crippen LogP contribution >= 0.6 is 11.8 Å². The van der Waals surface area contributed by atoms with Crippen LogP contribution in [0.4, 0.5) is 11.5 Å². The van der Waals surface area contributed by atoms with Crippen molar-refractivity contribution in [3.8, 4) is 0 Å². The second-order valence-electron chi connectivity index (χ2n) is 6.96. The van der Waals surface area contributed by atoms with Crippen LogP contribution in [-0.2, 0) is 6.42 Å². The maximum absolute atomic E-state index is 4.65. The largest absolute Gasteiger partial charge is 0.377 e. The van der Waals surface area contributed by atoms with Gasteiger partial charge in [-0.1, -0.05) is 48.2 Å². The summed E-state index contributed by atoms with van der Waals surface area (Å²) in [6.07, 6.45) is 2.78. The number of nitrogens with one attached hydrogen (secondary N) is 1. The zero-order chi connectivity index (χ0) is 17.5. The van der Waals surface area contributed by atoms with E-state index in [1.807, 2.05) is 6.07 Å². The zero-order valence-corrected chi connectivity index (χ0v) is 15.4. The number of hydrogen-bond donors (Lipinski definition) is 1. The highest BCUT2D eigenvalue weighted by atomic mass is 32.2. The van der Waals surface area contributed by atoms with E-state index in [1.54, 1.807) is 18.1 Å². The number of anilines is 2. The first-order valence-corrected chi connectivity index (χ1v) is 9.74. The van der Waals surface area contributed by atoms with E-state index in [-0.39, 0.29) is 6.04 Å². The molecule has 26 heavy (non-hydrogen) atoms. The molecule has 0 radical (unpaired) electrons. The molecule has 0 saturated carbocycles. The molecule has 5 heteroatoms. The summed E-state index contributed by atoms with van der Waals surface area (Å²) in [5.74, 6) is 1.56. The predicted molar refractivity (Wildman–Crippen MR) is 106 cm³/mol. The number of hydrogen-bond acceptors (Lipinski definition) is 5. The third-order valence-corrected chi connectivity index (χ3v) is 6.27. The van der Waals surface area contributed by atoms with Gasteiger partial charge in [0, 0.05) is 35.7 Å². The number of benzene rings is 2. The van der Waals surface area contributed by atoms with E-state index in [2.05, 4.69) is 75.8 Å². The van der Waals surface area contributed by atoms with Crippen LogP contribution < -0.4 is 10.2 Å². The first-order valence-electron chi connectivity index (χ1n) is 8.93. The SMILES string of the molecule is CN1C[C@H]2Cc3ccccc3N[C@H]2c2c(Sc3ccccc3)ncnc21. The van der Waals surface area contributed by atoms with Crippen LogP contribution in [0.1, 0.15) is 17.2 Å². The van der Waals surface area contributed by atoms with Gasteiger partial charge in [-0.05, 0) is 30.2 Å². The summed E-state index contributed by atoms with van der Waals surface area (Å²) in [6.45, 7) is 1.01. The molecule has 0 fully saturated rings. The van der Waals surface area contributed by atoms with Gasteiger partial charge in [0.1, 0.15) is 17.2 Å². The van der Waals surface area contributed by atoms with E-state index >= 15 is 0 Å². The van der Waals surface area contributed by atoms with Crippen molar-refractivity contribution in [2.45, 2.75) is 22.4 Å². The molecule has 0 aliphatic carbocycles. The van der Waals surface area contributed by atoms with Gasteiger partial charge in [0.2, 0.25) is 0 Å². The summed E-state index contributed by atoms with van der Waals surface area (Å²) < 4.78 is 0. The quantitative estimate of drug-likeness (QED) is 0.686. The highest BCUT2D eigenvalue weighted by Crippen LogP contribution is 2.46. The van der Waals surface area contributed by atoms with Crippen molar-refractivity contribution in [1.82, 2.24) is 9.97 Å². The van der Waals surface area contributed by atoms with Gasteiger partial charge in [0.15, 0.2) is 0 Å². The lowest BCUT2D eigenvalue weighted by Crippen LogP contribution is -2.42. The molecule has 5 rings (SSSR count). The number of nitrogens with zero attached hydrogens (tertiary/aromatic N) is 3. The Bertz CT molecular complexity index is 944. The number of rotatable bonds is 2. The summed E-state index contributed by atoms with van der Waals surface area (Å²) >= 11 is 1.72. The lowest BCUT2D eigenvalue weighted by atomic mass is 9.81. The molecule has 2 aromatic carbocycles. The van der Waals surface area contributed by atoms with Gasteiger partial charge >= 0.3 is 0 Å². The molecule has 1 N–H and O–H groups in total. The number of aromatic nitrogens is 2.